The van der Waals surface area contributed by atoms with Crippen LogP contribution in [0.15, 0.2) is 12.3 Å². The van der Waals surface area contributed by atoms with Crippen molar-refractivity contribution in [2.24, 2.45) is 11.7 Å². The number of nitrogens with two attached hydrogens (primary N) is 1. The first kappa shape index (κ1) is 12.6. The fourth-order valence-electron chi connectivity index (χ4n) is 2.38. The SMILES string of the molecule is NCC1CCCCC1Nc1ncc(Cl)cc1F. The van der Waals surface area contributed by atoms with Crippen LogP contribution in [0.5, 0.6) is 0 Å². The summed E-state index contributed by atoms with van der Waals surface area (Å²) in [6.45, 7) is 0.632. The van der Waals surface area contributed by atoms with Crippen LogP contribution in [0.1, 0.15) is 25.7 Å². The number of hydrogen-bond acceptors (Lipinski definition) is 3. The number of rotatable bonds is 3. The molecule has 2 unspecified atom stereocenters. The molecule has 2 atom stereocenters. The van der Waals surface area contributed by atoms with Gasteiger partial charge in [0.05, 0.1) is 5.02 Å². The zero-order valence-electron chi connectivity index (χ0n) is 9.63. The molecule has 1 fully saturated rings. The fourth-order valence-corrected chi connectivity index (χ4v) is 2.52. The van der Waals surface area contributed by atoms with Gasteiger partial charge in [-0.15, -0.1) is 0 Å². The maximum absolute atomic E-state index is 13.6. The van der Waals surface area contributed by atoms with Gasteiger partial charge in [-0.3, -0.25) is 0 Å². The van der Waals surface area contributed by atoms with Crippen LogP contribution >= 0.6 is 11.6 Å². The molecule has 0 bridgehead atoms. The number of aromatic nitrogens is 1. The Morgan fingerprint density at radius 3 is 2.94 bits per heavy atom. The van der Waals surface area contributed by atoms with Gasteiger partial charge in [0, 0.05) is 12.2 Å². The molecule has 0 saturated heterocycles. The normalized spacial score (nSPS) is 24.6. The lowest BCUT2D eigenvalue weighted by Gasteiger charge is -2.31. The summed E-state index contributed by atoms with van der Waals surface area (Å²) in [6, 6.07) is 1.49. The molecular formula is C12H17ClFN3. The van der Waals surface area contributed by atoms with Crippen LogP contribution in [0, 0.1) is 11.7 Å². The highest BCUT2D eigenvalue weighted by Crippen LogP contribution is 2.27. The first-order chi connectivity index (χ1) is 8.20. The van der Waals surface area contributed by atoms with E-state index in [4.69, 9.17) is 17.3 Å². The van der Waals surface area contributed by atoms with Crippen molar-refractivity contribution in [1.82, 2.24) is 4.98 Å². The summed E-state index contributed by atoms with van der Waals surface area (Å²) in [5.41, 5.74) is 5.73. The summed E-state index contributed by atoms with van der Waals surface area (Å²) in [4.78, 5) is 3.98. The molecule has 5 heteroatoms. The molecular weight excluding hydrogens is 241 g/mol. The zero-order valence-corrected chi connectivity index (χ0v) is 10.4. The van der Waals surface area contributed by atoms with Crippen molar-refractivity contribution in [1.29, 1.82) is 0 Å². The Morgan fingerprint density at radius 2 is 2.24 bits per heavy atom. The maximum Gasteiger partial charge on any atom is 0.166 e. The number of hydrogen-bond donors (Lipinski definition) is 2. The fraction of sp³-hybridized carbons (Fsp3) is 0.583. The lowest BCUT2D eigenvalue weighted by atomic mass is 9.84. The molecule has 1 aromatic heterocycles. The van der Waals surface area contributed by atoms with Crippen LogP contribution in [0.4, 0.5) is 10.2 Å². The minimum Gasteiger partial charge on any atom is -0.365 e. The largest absolute Gasteiger partial charge is 0.365 e. The van der Waals surface area contributed by atoms with Crippen LogP contribution in [0.3, 0.4) is 0 Å². The summed E-state index contributed by atoms with van der Waals surface area (Å²) in [5.74, 6) is 0.277. The predicted octanol–water partition coefficient (Wildman–Crippen LogP) is 2.80. The minimum atomic E-state index is -0.404. The monoisotopic (exact) mass is 257 g/mol. The third-order valence-corrected chi connectivity index (χ3v) is 3.55. The standard InChI is InChI=1S/C12H17ClFN3/c13-9-5-10(14)12(16-7-9)17-11-4-2-1-3-8(11)6-15/h5,7-8,11H,1-4,6,15H2,(H,16,17). The van der Waals surface area contributed by atoms with E-state index in [9.17, 15) is 4.39 Å². The highest BCUT2D eigenvalue weighted by atomic mass is 35.5. The molecule has 3 N–H and O–H groups in total. The molecule has 1 heterocycles. The van der Waals surface area contributed by atoms with Gasteiger partial charge in [0.15, 0.2) is 11.6 Å². The van der Waals surface area contributed by atoms with Crippen LogP contribution in [0.2, 0.25) is 5.02 Å². The lowest BCUT2D eigenvalue weighted by molar-refractivity contribution is 0.331. The van der Waals surface area contributed by atoms with E-state index in [0.717, 1.165) is 19.3 Å². The van der Waals surface area contributed by atoms with Gasteiger partial charge in [0.25, 0.3) is 0 Å². The van der Waals surface area contributed by atoms with Gasteiger partial charge in [-0.25, -0.2) is 9.37 Å². The second-order valence-corrected chi connectivity index (χ2v) is 4.95. The molecule has 0 aliphatic heterocycles. The molecule has 94 valence electrons. The van der Waals surface area contributed by atoms with E-state index in [1.54, 1.807) is 0 Å². The van der Waals surface area contributed by atoms with Crippen LogP contribution in [-0.4, -0.2) is 17.6 Å². The second-order valence-electron chi connectivity index (χ2n) is 4.52. The molecule has 1 aliphatic carbocycles. The van der Waals surface area contributed by atoms with E-state index in [-0.39, 0.29) is 11.9 Å². The third-order valence-electron chi connectivity index (χ3n) is 3.34. The van der Waals surface area contributed by atoms with E-state index in [2.05, 4.69) is 10.3 Å². The highest BCUT2D eigenvalue weighted by Gasteiger charge is 2.24. The Morgan fingerprint density at radius 1 is 1.47 bits per heavy atom. The molecule has 0 spiro atoms. The minimum absolute atomic E-state index is 0.219. The van der Waals surface area contributed by atoms with Crippen molar-refractivity contribution in [3.8, 4) is 0 Å². The van der Waals surface area contributed by atoms with E-state index in [0.29, 0.717) is 17.5 Å². The quantitative estimate of drug-likeness (QED) is 0.876. The lowest BCUT2D eigenvalue weighted by Crippen LogP contribution is -2.37. The molecule has 3 nitrogen and oxygen atoms in total. The van der Waals surface area contributed by atoms with Crippen LogP contribution < -0.4 is 11.1 Å². The molecule has 0 amide bonds. The Hall–Kier alpha value is -0.870. The predicted molar refractivity (Wildman–Crippen MR) is 67.6 cm³/mol. The van der Waals surface area contributed by atoms with Gasteiger partial charge in [0.2, 0.25) is 0 Å². The van der Waals surface area contributed by atoms with Gasteiger partial charge in [-0.2, -0.15) is 0 Å². The van der Waals surface area contributed by atoms with Gasteiger partial charge in [0.1, 0.15) is 0 Å². The van der Waals surface area contributed by atoms with Gasteiger partial charge in [-0.1, -0.05) is 24.4 Å². The summed E-state index contributed by atoms with van der Waals surface area (Å²) in [6.07, 6.45) is 5.93. The summed E-state index contributed by atoms with van der Waals surface area (Å²) >= 11 is 5.67. The van der Waals surface area contributed by atoms with Crippen molar-refractivity contribution in [2.75, 3.05) is 11.9 Å². The number of nitrogens with zero attached hydrogens (tertiary/aromatic N) is 1. The molecule has 0 radical (unpaired) electrons. The molecule has 0 aromatic carbocycles. The van der Waals surface area contributed by atoms with E-state index in [1.165, 1.54) is 18.7 Å². The number of anilines is 1. The summed E-state index contributed by atoms with van der Waals surface area (Å²) in [7, 11) is 0. The maximum atomic E-state index is 13.6. The van der Waals surface area contributed by atoms with Crippen molar-refractivity contribution in [2.45, 2.75) is 31.7 Å². The Labute approximate surface area is 106 Å². The molecule has 1 saturated carbocycles. The van der Waals surface area contributed by atoms with Crippen LogP contribution in [0.25, 0.3) is 0 Å². The highest BCUT2D eigenvalue weighted by molar-refractivity contribution is 6.30. The number of pyridine rings is 1. The van der Waals surface area contributed by atoms with Crippen molar-refractivity contribution >= 4 is 17.4 Å². The average molecular weight is 258 g/mol. The molecule has 17 heavy (non-hydrogen) atoms. The Balaban J connectivity index is 2.08. The molecule has 1 aromatic rings. The molecule has 1 aliphatic rings. The Bertz CT molecular complexity index is 386. The number of halogens is 2. The Kier molecular flexibility index (Phi) is 4.18. The number of nitrogens with one attached hydrogen (secondary N) is 1. The second kappa shape index (κ2) is 5.65. The van der Waals surface area contributed by atoms with E-state index >= 15 is 0 Å². The first-order valence-electron chi connectivity index (χ1n) is 5.98. The van der Waals surface area contributed by atoms with Crippen molar-refractivity contribution in [3.05, 3.63) is 23.1 Å². The van der Waals surface area contributed by atoms with Gasteiger partial charge in [-0.05, 0) is 31.4 Å². The van der Waals surface area contributed by atoms with E-state index in [1.807, 2.05) is 0 Å². The molecule has 2 rings (SSSR count). The van der Waals surface area contributed by atoms with Gasteiger partial charge < -0.3 is 11.1 Å². The smallest absolute Gasteiger partial charge is 0.166 e. The van der Waals surface area contributed by atoms with Gasteiger partial charge >= 0.3 is 0 Å². The van der Waals surface area contributed by atoms with Crippen molar-refractivity contribution < 1.29 is 4.39 Å². The average Bonchev–Trinajstić information content (AvgIpc) is 2.33. The summed E-state index contributed by atoms with van der Waals surface area (Å²) in [5, 5.41) is 3.46. The van der Waals surface area contributed by atoms with Crippen molar-refractivity contribution in [3.63, 3.8) is 0 Å². The topological polar surface area (TPSA) is 50.9 Å². The van der Waals surface area contributed by atoms with E-state index < -0.39 is 5.82 Å². The summed E-state index contributed by atoms with van der Waals surface area (Å²) < 4.78 is 13.6. The zero-order chi connectivity index (χ0) is 12.3. The van der Waals surface area contributed by atoms with Crippen LogP contribution in [-0.2, 0) is 0 Å². The third kappa shape index (κ3) is 3.07. The first-order valence-corrected chi connectivity index (χ1v) is 6.36.